The van der Waals surface area contributed by atoms with Crippen LogP contribution in [0.4, 0.5) is 0 Å². The highest BCUT2D eigenvalue weighted by Crippen LogP contribution is 2.20. The molecule has 1 aromatic rings. The maximum atomic E-state index is 10.9. The Morgan fingerprint density at radius 2 is 2.07 bits per heavy atom. The molecule has 4 nitrogen and oxygen atoms in total. The van der Waals surface area contributed by atoms with Gasteiger partial charge in [0, 0.05) is 17.0 Å². The van der Waals surface area contributed by atoms with Gasteiger partial charge in [-0.3, -0.25) is 4.98 Å². The number of pyridine rings is 1. The molecule has 0 aliphatic carbocycles. The summed E-state index contributed by atoms with van der Waals surface area (Å²) in [4.78, 5) is 15.1. The summed E-state index contributed by atoms with van der Waals surface area (Å²) < 4.78 is 0. The molecule has 0 saturated carbocycles. The SMILES string of the molecule is Cc1ccc([C@](C)(N)C(=O)O)c(C)n1. The normalized spacial score (nSPS) is 14.9. The molecule has 0 amide bonds. The number of carbonyl (C=O) groups is 1. The number of aryl methyl sites for hydroxylation is 2. The summed E-state index contributed by atoms with van der Waals surface area (Å²) in [5, 5.41) is 8.94. The summed E-state index contributed by atoms with van der Waals surface area (Å²) in [7, 11) is 0. The summed E-state index contributed by atoms with van der Waals surface area (Å²) in [6, 6.07) is 3.47. The summed E-state index contributed by atoms with van der Waals surface area (Å²) in [5.41, 5.74) is 6.39. The van der Waals surface area contributed by atoms with Crippen LogP contribution in [0, 0.1) is 13.8 Å². The lowest BCUT2D eigenvalue weighted by atomic mass is 9.92. The van der Waals surface area contributed by atoms with Crippen LogP contribution in [0.15, 0.2) is 12.1 Å². The molecule has 3 N–H and O–H groups in total. The summed E-state index contributed by atoms with van der Waals surface area (Å²) >= 11 is 0. The maximum absolute atomic E-state index is 10.9. The second kappa shape index (κ2) is 3.38. The average molecular weight is 194 g/mol. The number of rotatable bonds is 2. The van der Waals surface area contributed by atoms with Gasteiger partial charge in [0.2, 0.25) is 0 Å². The Hall–Kier alpha value is -1.42. The molecule has 4 heteroatoms. The molecule has 0 aromatic carbocycles. The highest BCUT2D eigenvalue weighted by Gasteiger charge is 2.31. The summed E-state index contributed by atoms with van der Waals surface area (Å²) in [5.74, 6) is -1.05. The van der Waals surface area contributed by atoms with Gasteiger partial charge in [0.25, 0.3) is 0 Å². The smallest absolute Gasteiger partial charge is 0.328 e. The number of aromatic nitrogens is 1. The van der Waals surface area contributed by atoms with Crippen molar-refractivity contribution in [2.45, 2.75) is 26.3 Å². The third-order valence-electron chi connectivity index (χ3n) is 2.23. The van der Waals surface area contributed by atoms with Crippen LogP contribution in [-0.4, -0.2) is 16.1 Å². The van der Waals surface area contributed by atoms with E-state index < -0.39 is 11.5 Å². The van der Waals surface area contributed by atoms with E-state index in [9.17, 15) is 4.79 Å². The van der Waals surface area contributed by atoms with E-state index in [1.807, 2.05) is 6.92 Å². The zero-order valence-electron chi connectivity index (χ0n) is 8.53. The number of carboxylic acids is 1. The van der Waals surface area contributed by atoms with E-state index in [-0.39, 0.29) is 0 Å². The second-order valence-corrected chi connectivity index (χ2v) is 3.59. The minimum Gasteiger partial charge on any atom is -0.480 e. The standard InChI is InChI=1S/C10H14N2O2/c1-6-4-5-8(7(2)12-6)10(3,11)9(13)14/h4-5H,11H2,1-3H3,(H,13,14)/t10-/m0/s1. The van der Waals surface area contributed by atoms with Gasteiger partial charge in [-0.25, -0.2) is 4.79 Å². The molecule has 76 valence electrons. The van der Waals surface area contributed by atoms with Gasteiger partial charge >= 0.3 is 5.97 Å². The fraction of sp³-hybridized carbons (Fsp3) is 0.400. The summed E-state index contributed by atoms with van der Waals surface area (Å²) in [6.45, 7) is 5.08. The van der Waals surface area contributed by atoms with Crippen LogP contribution in [-0.2, 0) is 10.3 Å². The van der Waals surface area contributed by atoms with E-state index in [0.717, 1.165) is 5.69 Å². The fourth-order valence-electron chi connectivity index (χ4n) is 1.35. The van der Waals surface area contributed by atoms with Crippen LogP contribution in [0.3, 0.4) is 0 Å². The number of hydrogen-bond acceptors (Lipinski definition) is 3. The zero-order chi connectivity index (χ0) is 10.9. The van der Waals surface area contributed by atoms with E-state index in [4.69, 9.17) is 10.8 Å². The lowest BCUT2D eigenvalue weighted by Gasteiger charge is -2.21. The van der Waals surface area contributed by atoms with Crippen molar-refractivity contribution in [3.05, 3.63) is 29.1 Å². The van der Waals surface area contributed by atoms with Gasteiger partial charge in [-0.15, -0.1) is 0 Å². The van der Waals surface area contributed by atoms with Gasteiger partial charge in [-0.1, -0.05) is 6.07 Å². The van der Waals surface area contributed by atoms with E-state index in [0.29, 0.717) is 11.3 Å². The highest BCUT2D eigenvalue weighted by atomic mass is 16.4. The zero-order valence-corrected chi connectivity index (χ0v) is 8.53. The number of nitrogens with zero attached hydrogens (tertiary/aromatic N) is 1. The monoisotopic (exact) mass is 194 g/mol. The average Bonchev–Trinajstić information content (AvgIpc) is 2.02. The molecule has 0 fully saturated rings. The van der Waals surface area contributed by atoms with Gasteiger partial charge in [-0.05, 0) is 26.8 Å². The minimum atomic E-state index is -1.37. The Morgan fingerprint density at radius 1 is 1.50 bits per heavy atom. The van der Waals surface area contributed by atoms with Crippen LogP contribution in [0.5, 0.6) is 0 Å². The highest BCUT2D eigenvalue weighted by molar-refractivity contribution is 5.80. The first kappa shape index (κ1) is 10.7. The third kappa shape index (κ3) is 1.75. The molecule has 0 aliphatic heterocycles. The van der Waals surface area contributed by atoms with Crippen molar-refractivity contribution in [1.82, 2.24) is 4.98 Å². The largest absolute Gasteiger partial charge is 0.480 e. The van der Waals surface area contributed by atoms with Crippen molar-refractivity contribution >= 4 is 5.97 Å². The van der Waals surface area contributed by atoms with Crippen LogP contribution in [0.1, 0.15) is 23.9 Å². The number of nitrogens with two attached hydrogens (primary N) is 1. The van der Waals surface area contributed by atoms with Crippen molar-refractivity contribution in [2.24, 2.45) is 5.73 Å². The van der Waals surface area contributed by atoms with Gasteiger partial charge in [0.1, 0.15) is 5.54 Å². The van der Waals surface area contributed by atoms with E-state index in [1.165, 1.54) is 6.92 Å². The molecule has 1 rings (SSSR count). The van der Waals surface area contributed by atoms with E-state index in [1.54, 1.807) is 19.1 Å². The Morgan fingerprint density at radius 3 is 2.50 bits per heavy atom. The lowest BCUT2D eigenvalue weighted by molar-refractivity contribution is -0.143. The molecule has 0 radical (unpaired) electrons. The van der Waals surface area contributed by atoms with Gasteiger partial charge < -0.3 is 10.8 Å². The quantitative estimate of drug-likeness (QED) is 0.735. The molecule has 1 aromatic heterocycles. The van der Waals surface area contributed by atoms with Crippen molar-refractivity contribution < 1.29 is 9.90 Å². The third-order valence-corrected chi connectivity index (χ3v) is 2.23. The molecule has 0 saturated heterocycles. The van der Waals surface area contributed by atoms with Crippen molar-refractivity contribution in [1.29, 1.82) is 0 Å². The molecule has 0 spiro atoms. The van der Waals surface area contributed by atoms with Crippen molar-refractivity contribution in [3.8, 4) is 0 Å². The molecule has 0 aliphatic rings. The Bertz CT molecular complexity index is 372. The van der Waals surface area contributed by atoms with Crippen LogP contribution in [0.25, 0.3) is 0 Å². The number of carboxylic acid groups (broad SMARTS) is 1. The first-order valence-corrected chi connectivity index (χ1v) is 4.32. The molecule has 14 heavy (non-hydrogen) atoms. The van der Waals surface area contributed by atoms with Crippen molar-refractivity contribution in [2.75, 3.05) is 0 Å². The second-order valence-electron chi connectivity index (χ2n) is 3.59. The van der Waals surface area contributed by atoms with Crippen molar-refractivity contribution in [3.63, 3.8) is 0 Å². The fourth-order valence-corrected chi connectivity index (χ4v) is 1.35. The minimum absolute atomic E-state index is 0.551. The first-order valence-electron chi connectivity index (χ1n) is 4.32. The number of hydrogen-bond donors (Lipinski definition) is 2. The molecular weight excluding hydrogens is 180 g/mol. The van der Waals surface area contributed by atoms with E-state index >= 15 is 0 Å². The summed E-state index contributed by atoms with van der Waals surface area (Å²) in [6.07, 6.45) is 0. The van der Waals surface area contributed by atoms with Crippen LogP contribution < -0.4 is 5.73 Å². The van der Waals surface area contributed by atoms with E-state index in [2.05, 4.69) is 4.98 Å². The van der Waals surface area contributed by atoms with Crippen LogP contribution >= 0.6 is 0 Å². The Labute approximate surface area is 82.8 Å². The predicted octanol–water partition coefficient (Wildman–Crippen LogP) is 0.957. The maximum Gasteiger partial charge on any atom is 0.328 e. The van der Waals surface area contributed by atoms with Crippen LogP contribution in [0.2, 0.25) is 0 Å². The topological polar surface area (TPSA) is 76.2 Å². The molecule has 1 heterocycles. The van der Waals surface area contributed by atoms with Gasteiger partial charge in [0.05, 0.1) is 0 Å². The number of aliphatic carboxylic acids is 1. The molecule has 0 unspecified atom stereocenters. The van der Waals surface area contributed by atoms with Gasteiger partial charge in [-0.2, -0.15) is 0 Å². The lowest BCUT2D eigenvalue weighted by Crippen LogP contribution is -2.42. The Balaban J connectivity index is 3.26. The first-order chi connectivity index (χ1) is 6.35. The molecular formula is C10H14N2O2. The Kier molecular flexibility index (Phi) is 2.57. The molecule has 1 atom stereocenters. The van der Waals surface area contributed by atoms with Gasteiger partial charge in [0.15, 0.2) is 0 Å². The molecule has 0 bridgehead atoms. The predicted molar refractivity (Wildman–Crippen MR) is 52.9 cm³/mol.